The van der Waals surface area contributed by atoms with Crippen LogP contribution in [-0.4, -0.2) is 19.0 Å². The number of ether oxygens (including phenoxy) is 1. The van der Waals surface area contributed by atoms with Crippen molar-refractivity contribution in [3.8, 4) is 5.75 Å². The third-order valence-electron chi connectivity index (χ3n) is 1.63. The zero-order valence-corrected chi connectivity index (χ0v) is 8.23. The van der Waals surface area contributed by atoms with Crippen molar-refractivity contribution < 1.29 is 9.60 Å². The Morgan fingerprint density at radius 2 is 2.36 bits per heavy atom. The predicted octanol–water partition coefficient (Wildman–Crippen LogP) is 1.29. The second-order valence-corrected chi connectivity index (χ2v) is 2.75. The molecule has 0 aromatic heterocycles. The molecule has 0 spiro atoms. The summed E-state index contributed by atoms with van der Waals surface area (Å²) in [6.45, 7) is 0.504. The highest BCUT2D eigenvalue weighted by atomic mass is 16.5. The predicted molar refractivity (Wildman–Crippen MR) is 51.8 cm³/mol. The molecule has 0 atom stereocenters. The molecule has 0 saturated heterocycles. The zero-order valence-electron chi connectivity index (χ0n) is 8.23. The maximum atomic E-state index is 10.4. The Balaban J connectivity index is 2.54. The van der Waals surface area contributed by atoms with Gasteiger partial charge in [0.05, 0.1) is 12.3 Å². The molecule has 0 aliphatic rings. The van der Waals surface area contributed by atoms with Crippen molar-refractivity contribution >= 4 is 0 Å². The maximum Gasteiger partial charge on any atom is 0.130 e. The van der Waals surface area contributed by atoms with Crippen molar-refractivity contribution in [1.82, 2.24) is 5.43 Å². The van der Waals surface area contributed by atoms with Gasteiger partial charge in [0.1, 0.15) is 19.3 Å². The van der Waals surface area contributed by atoms with Crippen LogP contribution in [0, 0.1) is 5.21 Å². The minimum Gasteiger partial charge on any atom is -0.696 e. The van der Waals surface area contributed by atoms with E-state index in [0.29, 0.717) is 11.4 Å². The Morgan fingerprint density at radius 3 is 3.00 bits per heavy atom. The molecule has 1 aromatic rings. The van der Waals surface area contributed by atoms with Crippen LogP contribution in [0.1, 0.15) is 5.56 Å². The third kappa shape index (κ3) is 3.30. The van der Waals surface area contributed by atoms with E-state index in [1.54, 1.807) is 7.11 Å². The molecule has 1 aromatic carbocycles. The quantitative estimate of drug-likeness (QED) is 0.447. The fourth-order valence-corrected chi connectivity index (χ4v) is 1.01. The summed E-state index contributed by atoms with van der Waals surface area (Å²) in [6, 6.07) is 7.56. The molecule has 1 N–H and O–H groups in total. The van der Waals surface area contributed by atoms with Crippen LogP contribution in [0.2, 0.25) is 0 Å². The molecule has 5 nitrogen and oxygen atoms in total. The van der Waals surface area contributed by atoms with Gasteiger partial charge < -0.3 is 9.94 Å². The molecule has 14 heavy (non-hydrogen) atoms. The number of hydrogen-bond donors (Lipinski definition) is 1. The second kappa shape index (κ2) is 5.06. The number of rotatable bonds is 4. The van der Waals surface area contributed by atoms with Crippen molar-refractivity contribution in [2.75, 3.05) is 14.2 Å². The van der Waals surface area contributed by atoms with Crippen molar-refractivity contribution in [2.45, 2.75) is 6.54 Å². The minimum atomic E-state index is 0.472. The Bertz CT molecular complexity index is 322. The maximum absolute atomic E-state index is 10.4. The van der Waals surface area contributed by atoms with E-state index in [0.717, 1.165) is 11.3 Å². The van der Waals surface area contributed by atoms with Gasteiger partial charge in [-0.2, -0.15) is 10.3 Å². The Morgan fingerprint density at radius 1 is 1.57 bits per heavy atom. The van der Waals surface area contributed by atoms with Gasteiger partial charge in [-0.25, -0.2) is 0 Å². The lowest BCUT2D eigenvalue weighted by molar-refractivity contribution is -0.504. The molecule has 0 fully saturated rings. The van der Waals surface area contributed by atoms with Crippen molar-refractivity contribution in [2.24, 2.45) is 5.22 Å². The van der Waals surface area contributed by atoms with Crippen LogP contribution in [0.3, 0.4) is 0 Å². The Hall–Kier alpha value is -1.78. The van der Waals surface area contributed by atoms with E-state index in [1.807, 2.05) is 24.3 Å². The molecule has 0 aliphatic heterocycles. The molecule has 1 rings (SSSR count). The topological polar surface area (TPSA) is 59.7 Å². The lowest BCUT2D eigenvalue weighted by Gasteiger charge is -2.02. The first-order valence-corrected chi connectivity index (χ1v) is 4.19. The smallest absolute Gasteiger partial charge is 0.130 e. The summed E-state index contributed by atoms with van der Waals surface area (Å²) in [5.74, 6) is 0.791. The standard InChI is InChI=1S/C9H13N3O2/c1-12(13)11-10-7-8-4-3-5-9(6-8)14-2/h3-6,10H,7H2,1-2H3/b12-11-. The monoisotopic (exact) mass is 195 g/mol. The van der Waals surface area contributed by atoms with Gasteiger partial charge >= 0.3 is 0 Å². The number of benzene rings is 1. The van der Waals surface area contributed by atoms with E-state index in [4.69, 9.17) is 4.74 Å². The molecule has 5 heteroatoms. The largest absolute Gasteiger partial charge is 0.696 e. The molecule has 0 bridgehead atoms. The summed E-state index contributed by atoms with van der Waals surface area (Å²) < 4.78 is 5.05. The number of nitrogens with zero attached hydrogens (tertiary/aromatic N) is 2. The summed E-state index contributed by atoms with van der Waals surface area (Å²) in [4.78, 5) is 0.472. The summed E-state index contributed by atoms with van der Waals surface area (Å²) in [7, 11) is 2.93. The fourth-order valence-electron chi connectivity index (χ4n) is 1.01. The SMILES string of the molecule is COc1cccc(CN/N=[N+](/C)[O-])c1. The lowest BCUT2D eigenvalue weighted by atomic mass is 10.2. The molecule has 0 amide bonds. The van der Waals surface area contributed by atoms with Crippen LogP contribution in [0.5, 0.6) is 5.75 Å². The van der Waals surface area contributed by atoms with Crippen LogP contribution < -0.4 is 10.2 Å². The van der Waals surface area contributed by atoms with Gasteiger partial charge in [-0.15, -0.1) is 0 Å². The molecular weight excluding hydrogens is 182 g/mol. The van der Waals surface area contributed by atoms with Gasteiger partial charge in [0, 0.05) is 0 Å². The highest BCUT2D eigenvalue weighted by molar-refractivity contribution is 5.28. The first-order valence-electron chi connectivity index (χ1n) is 4.19. The highest BCUT2D eigenvalue weighted by Crippen LogP contribution is 2.11. The first-order chi connectivity index (χ1) is 6.72. The first kappa shape index (κ1) is 10.3. The van der Waals surface area contributed by atoms with E-state index >= 15 is 0 Å². The summed E-state index contributed by atoms with van der Waals surface area (Å²) >= 11 is 0. The van der Waals surface area contributed by atoms with E-state index in [1.165, 1.54) is 7.05 Å². The van der Waals surface area contributed by atoms with E-state index in [2.05, 4.69) is 10.6 Å². The molecule has 0 aliphatic carbocycles. The van der Waals surface area contributed by atoms with Gasteiger partial charge in [0.15, 0.2) is 0 Å². The van der Waals surface area contributed by atoms with Crippen LogP contribution in [0.15, 0.2) is 29.5 Å². The fraction of sp³-hybridized carbons (Fsp3) is 0.333. The average Bonchev–Trinajstić information content (AvgIpc) is 2.18. The zero-order chi connectivity index (χ0) is 10.4. The molecule has 0 heterocycles. The number of methoxy groups -OCH3 is 1. The van der Waals surface area contributed by atoms with Crippen LogP contribution in [-0.2, 0) is 6.54 Å². The van der Waals surface area contributed by atoms with Gasteiger partial charge in [0.25, 0.3) is 0 Å². The van der Waals surface area contributed by atoms with E-state index in [9.17, 15) is 5.21 Å². The van der Waals surface area contributed by atoms with Gasteiger partial charge in [-0.3, -0.25) is 0 Å². The van der Waals surface area contributed by atoms with Gasteiger partial charge in [0.2, 0.25) is 0 Å². The summed E-state index contributed by atoms with van der Waals surface area (Å²) in [5.41, 5.74) is 3.64. The minimum absolute atomic E-state index is 0.472. The average molecular weight is 195 g/mol. The lowest BCUT2D eigenvalue weighted by Crippen LogP contribution is -2.08. The molecule has 0 saturated carbocycles. The van der Waals surface area contributed by atoms with Crippen LogP contribution in [0.25, 0.3) is 0 Å². The summed E-state index contributed by atoms with van der Waals surface area (Å²) in [5, 5.41) is 13.9. The van der Waals surface area contributed by atoms with Gasteiger partial charge in [-0.05, 0) is 17.7 Å². The van der Waals surface area contributed by atoms with Crippen LogP contribution in [0.4, 0.5) is 0 Å². The van der Waals surface area contributed by atoms with Crippen molar-refractivity contribution in [3.63, 3.8) is 0 Å². The van der Waals surface area contributed by atoms with Gasteiger partial charge in [-0.1, -0.05) is 12.1 Å². The van der Waals surface area contributed by atoms with E-state index < -0.39 is 0 Å². The normalized spacial score (nSPS) is 11.1. The molecular formula is C9H13N3O2. The van der Waals surface area contributed by atoms with Crippen LogP contribution >= 0.6 is 0 Å². The molecule has 76 valence electrons. The van der Waals surface area contributed by atoms with E-state index in [-0.39, 0.29) is 0 Å². The highest BCUT2D eigenvalue weighted by Gasteiger charge is 1.96. The molecule has 0 radical (unpaired) electrons. The van der Waals surface area contributed by atoms with Crippen molar-refractivity contribution in [1.29, 1.82) is 0 Å². The number of nitrogens with one attached hydrogen (secondary N) is 1. The Kier molecular flexibility index (Phi) is 3.72. The van der Waals surface area contributed by atoms with Crippen molar-refractivity contribution in [3.05, 3.63) is 35.0 Å². The second-order valence-electron chi connectivity index (χ2n) is 2.75. The third-order valence-corrected chi connectivity index (χ3v) is 1.63. The number of hydrogen-bond acceptors (Lipinski definition) is 3. The summed E-state index contributed by atoms with van der Waals surface area (Å²) in [6.07, 6.45) is 0. The number of hydroxylamine groups is 1. The Labute approximate surface area is 82.6 Å². The molecule has 0 unspecified atom stereocenters.